The van der Waals surface area contributed by atoms with Crippen LogP contribution in [-0.4, -0.2) is 10.9 Å². The van der Waals surface area contributed by atoms with Crippen molar-refractivity contribution in [2.45, 2.75) is 20.8 Å². The Labute approximate surface area is 107 Å². The molecule has 0 radical (unpaired) electrons. The lowest BCUT2D eigenvalue weighted by atomic mass is 10.1. The number of rotatable bonds is 2. The van der Waals surface area contributed by atoms with Crippen LogP contribution >= 0.6 is 0 Å². The molecule has 0 aliphatic rings. The van der Waals surface area contributed by atoms with Crippen LogP contribution in [0.4, 0.5) is 5.69 Å². The molecule has 3 heteroatoms. The maximum Gasteiger partial charge on any atom is 0.274 e. The van der Waals surface area contributed by atoms with Crippen LogP contribution in [0, 0.1) is 20.8 Å². The van der Waals surface area contributed by atoms with Crippen molar-refractivity contribution in [1.82, 2.24) is 4.98 Å². The molecule has 0 fully saturated rings. The summed E-state index contributed by atoms with van der Waals surface area (Å²) in [7, 11) is 0. The summed E-state index contributed by atoms with van der Waals surface area (Å²) in [6, 6.07) is 11.3. The van der Waals surface area contributed by atoms with Gasteiger partial charge in [-0.3, -0.25) is 4.79 Å². The highest BCUT2D eigenvalue weighted by molar-refractivity contribution is 6.02. The van der Waals surface area contributed by atoms with E-state index >= 15 is 0 Å². The fourth-order valence-electron chi connectivity index (χ4n) is 1.68. The zero-order chi connectivity index (χ0) is 13.1. The van der Waals surface area contributed by atoms with Gasteiger partial charge in [0.2, 0.25) is 0 Å². The van der Waals surface area contributed by atoms with Gasteiger partial charge in [0.1, 0.15) is 5.69 Å². The van der Waals surface area contributed by atoms with Crippen molar-refractivity contribution in [3.8, 4) is 0 Å². The Bertz CT molecular complexity index is 591. The minimum Gasteiger partial charge on any atom is -0.321 e. The van der Waals surface area contributed by atoms with Crippen molar-refractivity contribution < 1.29 is 4.79 Å². The Morgan fingerprint density at radius 3 is 2.50 bits per heavy atom. The fraction of sp³-hybridized carbons (Fsp3) is 0.200. The molecule has 2 rings (SSSR count). The third-order valence-corrected chi connectivity index (χ3v) is 2.89. The molecule has 1 heterocycles. The van der Waals surface area contributed by atoms with Crippen LogP contribution in [-0.2, 0) is 0 Å². The van der Waals surface area contributed by atoms with Crippen LogP contribution in [0.2, 0.25) is 0 Å². The lowest BCUT2D eigenvalue weighted by Gasteiger charge is -2.07. The Hall–Kier alpha value is -2.16. The monoisotopic (exact) mass is 240 g/mol. The number of carbonyl (C=O) groups excluding carboxylic acids is 1. The molecular weight excluding hydrogens is 224 g/mol. The largest absolute Gasteiger partial charge is 0.321 e. The maximum absolute atomic E-state index is 12.0. The molecule has 0 unspecified atom stereocenters. The first kappa shape index (κ1) is 12.3. The molecule has 1 aromatic heterocycles. The third kappa shape index (κ3) is 2.74. The van der Waals surface area contributed by atoms with Crippen LogP contribution in [0.25, 0.3) is 0 Å². The van der Waals surface area contributed by atoms with Gasteiger partial charge in [0.15, 0.2) is 0 Å². The molecule has 0 aliphatic carbocycles. The van der Waals surface area contributed by atoms with Gasteiger partial charge in [0.25, 0.3) is 5.91 Å². The van der Waals surface area contributed by atoms with Gasteiger partial charge in [0.05, 0.1) is 0 Å². The van der Waals surface area contributed by atoms with Crippen LogP contribution in [0.5, 0.6) is 0 Å². The molecule has 0 atom stereocenters. The Kier molecular flexibility index (Phi) is 3.42. The van der Waals surface area contributed by atoms with E-state index in [9.17, 15) is 4.79 Å². The van der Waals surface area contributed by atoms with Crippen molar-refractivity contribution in [1.29, 1.82) is 0 Å². The molecule has 0 aliphatic heterocycles. The lowest BCUT2D eigenvalue weighted by molar-refractivity contribution is 0.102. The van der Waals surface area contributed by atoms with E-state index in [1.165, 1.54) is 5.56 Å². The first-order chi connectivity index (χ1) is 8.56. The average Bonchev–Trinajstić information content (AvgIpc) is 2.34. The van der Waals surface area contributed by atoms with Gasteiger partial charge in [-0.25, -0.2) is 4.98 Å². The summed E-state index contributed by atoms with van der Waals surface area (Å²) in [6.07, 6.45) is 0. The minimum atomic E-state index is -0.179. The van der Waals surface area contributed by atoms with E-state index in [4.69, 9.17) is 0 Å². The van der Waals surface area contributed by atoms with E-state index in [1.807, 2.05) is 51.1 Å². The van der Waals surface area contributed by atoms with Gasteiger partial charge >= 0.3 is 0 Å². The van der Waals surface area contributed by atoms with Crippen molar-refractivity contribution in [3.63, 3.8) is 0 Å². The fourth-order valence-corrected chi connectivity index (χ4v) is 1.68. The first-order valence-electron chi connectivity index (χ1n) is 5.88. The number of benzene rings is 1. The number of carbonyl (C=O) groups is 1. The number of pyridine rings is 1. The number of amides is 1. The van der Waals surface area contributed by atoms with Gasteiger partial charge < -0.3 is 5.32 Å². The minimum absolute atomic E-state index is 0.179. The number of nitrogens with zero attached hydrogens (tertiary/aromatic N) is 1. The number of hydrogen-bond donors (Lipinski definition) is 1. The topological polar surface area (TPSA) is 42.0 Å². The molecule has 18 heavy (non-hydrogen) atoms. The summed E-state index contributed by atoms with van der Waals surface area (Å²) in [4.78, 5) is 16.2. The van der Waals surface area contributed by atoms with Crippen LogP contribution in [0.3, 0.4) is 0 Å². The smallest absolute Gasteiger partial charge is 0.274 e. The summed E-state index contributed by atoms with van der Waals surface area (Å²) < 4.78 is 0. The molecule has 0 saturated carbocycles. The molecule has 3 nitrogen and oxygen atoms in total. The van der Waals surface area contributed by atoms with Crippen molar-refractivity contribution in [3.05, 3.63) is 58.9 Å². The normalized spacial score (nSPS) is 10.2. The van der Waals surface area contributed by atoms with E-state index in [-0.39, 0.29) is 5.91 Å². The number of anilines is 1. The second kappa shape index (κ2) is 5.00. The van der Waals surface area contributed by atoms with E-state index < -0.39 is 0 Å². The quantitative estimate of drug-likeness (QED) is 0.875. The predicted octanol–water partition coefficient (Wildman–Crippen LogP) is 3.26. The predicted molar refractivity (Wildman–Crippen MR) is 72.8 cm³/mol. The van der Waals surface area contributed by atoms with Crippen LogP contribution in [0.1, 0.15) is 27.3 Å². The SMILES string of the molecule is Cc1cccc(C(=O)Nc2ccc(C)c(C)c2)n1. The zero-order valence-electron chi connectivity index (χ0n) is 10.8. The van der Waals surface area contributed by atoms with Crippen molar-refractivity contribution in [2.75, 3.05) is 5.32 Å². The molecule has 1 aromatic carbocycles. The van der Waals surface area contributed by atoms with E-state index in [2.05, 4.69) is 10.3 Å². The summed E-state index contributed by atoms with van der Waals surface area (Å²) >= 11 is 0. The second-order valence-corrected chi connectivity index (χ2v) is 4.42. The van der Waals surface area contributed by atoms with E-state index in [0.29, 0.717) is 5.69 Å². The molecule has 2 aromatic rings. The molecule has 1 amide bonds. The van der Waals surface area contributed by atoms with Crippen molar-refractivity contribution in [2.24, 2.45) is 0 Å². The standard InChI is InChI=1S/C15H16N2O/c1-10-7-8-13(9-11(10)2)17-15(18)14-6-4-5-12(3)16-14/h4-9H,1-3H3,(H,17,18). The van der Waals surface area contributed by atoms with Gasteiger partial charge in [-0.15, -0.1) is 0 Å². The number of nitrogens with one attached hydrogen (secondary N) is 1. The van der Waals surface area contributed by atoms with Crippen molar-refractivity contribution >= 4 is 11.6 Å². The lowest BCUT2D eigenvalue weighted by Crippen LogP contribution is -2.14. The first-order valence-corrected chi connectivity index (χ1v) is 5.88. The molecule has 0 saturated heterocycles. The highest BCUT2D eigenvalue weighted by Crippen LogP contribution is 2.14. The summed E-state index contributed by atoms with van der Waals surface area (Å²) in [5, 5.41) is 2.85. The van der Waals surface area contributed by atoms with Gasteiger partial charge in [-0.2, -0.15) is 0 Å². The highest BCUT2D eigenvalue weighted by atomic mass is 16.1. The van der Waals surface area contributed by atoms with Crippen LogP contribution < -0.4 is 5.32 Å². The summed E-state index contributed by atoms with van der Waals surface area (Å²) in [5.74, 6) is -0.179. The summed E-state index contributed by atoms with van der Waals surface area (Å²) in [5.41, 5.74) is 4.44. The summed E-state index contributed by atoms with van der Waals surface area (Å²) in [6.45, 7) is 5.94. The van der Waals surface area contributed by atoms with E-state index in [0.717, 1.165) is 16.9 Å². The van der Waals surface area contributed by atoms with Gasteiger partial charge in [-0.05, 0) is 56.2 Å². The molecule has 0 spiro atoms. The average molecular weight is 240 g/mol. The van der Waals surface area contributed by atoms with Crippen LogP contribution in [0.15, 0.2) is 36.4 Å². The molecular formula is C15H16N2O. The second-order valence-electron chi connectivity index (χ2n) is 4.42. The Morgan fingerprint density at radius 1 is 1.06 bits per heavy atom. The Morgan fingerprint density at radius 2 is 1.83 bits per heavy atom. The maximum atomic E-state index is 12.0. The number of aryl methyl sites for hydroxylation is 3. The molecule has 92 valence electrons. The van der Waals surface area contributed by atoms with Gasteiger partial charge in [-0.1, -0.05) is 12.1 Å². The molecule has 1 N–H and O–H groups in total. The Balaban J connectivity index is 2.18. The van der Waals surface area contributed by atoms with E-state index in [1.54, 1.807) is 6.07 Å². The number of aromatic nitrogens is 1. The zero-order valence-corrected chi connectivity index (χ0v) is 10.8. The highest BCUT2D eigenvalue weighted by Gasteiger charge is 2.07. The number of hydrogen-bond acceptors (Lipinski definition) is 2. The third-order valence-electron chi connectivity index (χ3n) is 2.89. The van der Waals surface area contributed by atoms with Gasteiger partial charge in [0, 0.05) is 11.4 Å². The molecule has 0 bridgehead atoms.